The van der Waals surface area contributed by atoms with E-state index < -0.39 is 9.84 Å². The highest BCUT2D eigenvalue weighted by Gasteiger charge is 2.08. The second-order valence-corrected chi connectivity index (χ2v) is 7.88. The number of aromatic nitrogens is 2. The Labute approximate surface area is 120 Å². The fourth-order valence-corrected chi connectivity index (χ4v) is 3.13. The van der Waals surface area contributed by atoms with Crippen LogP contribution in [0, 0.1) is 3.57 Å². The van der Waals surface area contributed by atoms with Gasteiger partial charge in [-0.2, -0.15) is 5.10 Å². The molecular weight excluding hydrogens is 363 g/mol. The van der Waals surface area contributed by atoms with Gasteiger partial charge < -0.3 is 0 Å². The summed E-state index contributed by atoms with van der Waals surface area (Å²) in [4.78, 5) is 0. The van der Waals surface area contributed by atoms with Crippen LogP contribution in [0.4, 0.5) is 0 Å². The van der Waals surface area contributed by atoms with Crippen LogP contribution in [-0.2, 0) is 16.4 Å². The highest BCUT2D eigenvalue weighted by molar-refractivity contribution is 14.1. The third-order valence-electron chi connectivity index (χ3n) is 2.87. The molecule has 2 aromatic rings. The monoisotopic (exact) mass is 378 g/mol. The fraction of sp³-hybridized carbons (Fsp3) is 0.417. The lowest BCUT2D eigenvalue weighted by molar-refractivity contribution is 0.579. The number of rotatable bonds is 5. The summed E-state index contributed by atoms with van der Waals surface area (Å²) >= 11 is 2.26. The smallest absolute Gasteiger partial charge is 0.150 e. The molecule has 1 aromatic heterocycles. The molecule has 6 heteroatoms. The van der Waals surface area contributed by atoms with Gasteiger partial charge in [0, 0.05) is 21.3 Å². The first-order chi connectivity index (χ1) is 8.52. The highest BCUT2D eigenvalue weighted by atomic mass is 127. The Bertz CT molecular complexity index is 649. The number of benzene rings is 1. The maximum atomic E-state index is 11.4. The average Bonchev–Trinajstić information content (AvgIpc) is 2.72. The van der Waals surface area contributed by atoms with Crippen molar-refractivity contribution in [1.82, 2.24) is 9.78 Å². The molecule has 0 aliphatic heterocycles. The zero-order valence-corrected chi connectivity index (χ0v) is 13.1. The van der Waals surface area contributed by atoms with Gasteiger partial charge in [-0.1, -0.05) is 13.0 Å². The van der Waals surface area contributed by atoms with Crippen molar-refractivity contribution in [2.24, 2.45) is 0 Å². The minimum absolute atomic E-state index is 0.213. The van der Waals surface area contributed by atoms with Gasteiger partial charge in [-0.05, 0) is 41.1 Å². The lowest BCUT2D eigenvalue weighted by Gasteiger charge is -2.04. The first-order valence-electron chi connectivity index (χ1n) is 5.83. The average molecular weight is 378 g/mol. The van der Waals surface area contributed by atoms with E-state index in [2.05, 4.69) is 33.8 Å². The molecule has 0 spiro atoms. The highest BCUT2D eigenvalue weighted by Crippen LogP contribution is 2.17. The molecule has 0 aliphatic carbocycles. The lowest BCUT2D eigenvalue weighted by Crippen LogP contribution is -2.11. The van der Waals surface area contributed by atoms with Gasteiger partial charge in [-0.3, -0.25) is 4.68 Å². The summed E-state index contributed by atoms with van der Waals surface area (Å²) < 4.78 is 25.9. The second-order valence-electron chi connectivity index (χ2n) is 4.16. The van der Waals surface area contributed by atoms with Crippen LogP contribution in [0.3, 0.4) is 0 Å². The number of nitrogens with zero attached hydrogens (tertiary/aromatic N) is 2. The molecule has 0 radical (unpaired) electrons. The van der Waals surface area contributed by atoms with Crippen LogP contribution in [0.1, 0.15) is 13.3 Å². The molecule has 0 aliphatic rings. The van der Waals surface area contributed by atoms with Gasteiger partial charge in [0.05, 0.1) is 17.5 Å². The first-order valence-corrected chi connectivity index (χ1v) is 8.73. The Morgan fingerprint density at radius 3 is 2.89 bits per heavy atom. The quantitative estimate of drug-likeness (QED) is 0.752. The van der Waals surface area contributed by atoms with Crippen molar-refractivity contribution in [1.29, 1.82) is 0 Å². The molecule has 0 atom stereocenters. The molecule has 0 amide bonds. The largest absolute Gasteiger partial charge is 0.265 e. The molecule has 2 rings (SSSR count). The van der Waals surface area contributed by atoms with Crippen molar-refractivity contribution in [2.45, 2.75) is 19.9 Å². The van der Waals surface area contributed by atoms with Crippen molar-refractivity contribution in [3.8, 4) is 0 Å². The molecular formula is C12H15IN2O2S. The van der Waals surface area contributed by atoms with Crippen LogP contribution in [-0.4, -0.2) is 29.7 Å². The molecule has 0 saturated heterocycles. The zero-order valence-electron chi connectivity index (χ0n) is 10.1. The Balaban J connectivity index is 2.11. The van der Waals surface area contributed by atoms with Gasteiger partial charge in [0.15, 0.2) is 0 Å². The first kappa shape index (κ1) is 13.8. The van der Waals surface area contributed by atoms with E-state index in [1.165, 1.54) is 0 Å². The van der Waals surface area contributed by atoms with E-state index in [1.54, 1.807) is 6.92 Å². The Kier molecular flexibility index (Phi) is 4.26. The van der Waals surface area contributed by atoms with E-state index in [4.69, 9.17) is 0 Å². The van der Waals surface area contributed by atoms with Gasteiger partial charge in [-0.15, -0.1) is 0 Å². The zero-order chi connectivity index (χ0) is 13.2. The van der Waals surface area contributed by atoms with Crippen LogP contribution < -0.4 is 0 Å². The molecule has 1 aromatic carbocycles. The van der Waals surface area contributed by atoms with Gasteiger partial charge in [0.1, 0.15) is 9.84 Å². The predicted octanol–water partition coefficient (Wildman–Crippen LogP) is 2.47. The number of hydrogen-bond donors (Lipinski definition) is 0. The van der Waals surface area contributed by atoms with Crippen molar-refractivity contribution in [3.63, 3.8) is 0 Å². The van der Waals surface area contributed by atoms with E-state index in [9.17, 15) is 8.42 Å². The number of aryl methyl sites for hydroxylation is 1. The van der Waals surface area contributed by atoms with E-state index in [-0.39, 0.29) is 11.5 Å². The van der Waals surface area contributed by atoms with Crippen LogP contribution in [0.25, 0.3) is 10.9 Å². The normalized spacial score (nSPS) is 12.1. The molecule has 98 valence electrons. The maximum absolute atomic E-state index is 11.4. The molecule has 0 saturated carbocycles. The SMILES string of the molecule is CCS(=O)(=O)CCCn1ncc2ccc(I)cc21. The van der Waals surface area contributed by atoms with Gasteiger partial charge >= 0.3 is 0 Å². The number of hydrogen-bond acceptors (Lipinski definition) is 3. The van der Waals surface area contributed by atoms with E-state index in [1.807, 2.05) is 23.0 Å². The minimum atomic E-state index is -2.88. The van der Waals surface area contributed by atoms with Crippen molar-refractivity contribution in [3.05, 3.63) is 28.0 Å². The topological polar surface area (TPSA) is 52.0 Å². The number of sulfone groups is 1. The lowest BCUT2D eigenvalue weighted by atomic mass is 10.2. The molecule has 0 bridgehead atoms. The molecule has 0 unspecified atom stereocenters. The predicted molar refractivity (Wildman–Crippen MR) is 81.4 cm³/mol. The van der Waals surface area contributed by atoms with E-state index in [0.29, 0.717) is 13.0 Å². The van der Waals surface area contributed by atoms with Gasteiger partial charge in [0.2, 0.25) is 0 Å². The van der Waals surface area contributed by atoms with E-state index >= 15 is 0 Å². The summed E-state index contributed by atoms with van der Waals surface area (Å²) in [5.74, 6) is 0.444. The molecule has 4 nitrogen and oxygen atoms in total. The summed E-state index contributed by atoms with van der Waals surface area (Å²) in [6.45, 7) is 2.32. The number of halogens is 1. The fourth-order valence-electron chi connectivity index (χ4n) is 1.80. The van der Waals surface area contributed by atoms with Crippen LogP contribution in [0.15, 0.2) is 24.4 Å². The summed E-state index contributed by atoms with van der Waals surface area (Å²) in [6, 6.07) is 6.14. The Hall–Kier alpha value is -0.630. The van der Waals surface area contributed by atoms with E-state index in [0.717, 1.165) is 14.5 Å². The van der Waals surface area contributed by atoms with Gasteiger partial charge in [0.25, 0.3) is 0 Å². The molecule has 18 heavy (non-hydrogen) atoms. The van der Waals surface area contributed by atoms with Crippen molar-refractivity contribution in [2.75, 3.05) is 11.5 Å². The van der Waals surface area contributed by atoms with Crippen LogP contribution >= 0.6 is 22.6 Å². The third-order valence-corrected chi connectivity index (χ3v) is 5.33. The molecule has 0 N–H and O–H groups in total. The number of fused-ring (bicyclic) bond motifs is 1. The standard InChI is InChI=1S/C12H15IN2O2S/c1-2-18(16,17)7-3-6-15-12-8-11(13)5-4-10(12)9-14-15/h4-5,8-9H,2-3,6-7H2,1H3. The Morgan fingerprint density at radius 2 is 2.17 bits per heavy atom. The van der Waals surface area contributed by atoms with Crippen molar-refractivity contribution < 1.29 is 8.42 Å². The summed E-state index contributed by atoms with van der Waals surface area (Å²) in [6.07, 6.45) is 2.43. The Morgan fingerprint density at radius 1 is 1.39 bits per heavy atom. The third kappa shape index (κ3) is 3.23. The van der Waals surface area contributed by atoms with Crippen LogP contribution in [0.5, 0.6) is 0 Å². The second kappa shape index (κ2) is 5.56. The molecule has 1 heterocycles. The summed E-state index contributed by atoms with van der Waals surface area (Å²) in [5.41, 5.74) is 1.07. The maximum Gasteiger partial charge on any atom is 0.150 e. The van der Waals surface area contributed by atoms with Crippen molar-refractivity contribution >= 4 is 43.3 Å². The minimum Gasteiger partial charge on any atom is -0.265 e. The summed E-state index contributed by atoms with van der Waals surface area (Å²) in [5, 5.41) is 5.39. The molecule has 0 fully saturated rings. The summed E-state index contributed by atoms with van der Waals surface area (Å²) in [7, 11) is -2.88. The van der Waals surface area contributed by atoms with Crippen LogP contribution in [0.2, 0.25) is 0 Å². The van der Waals surface area contributed by atoms with Gasteiger partial charge in [-0.25, -0.2) is 8.42 Å².